The first kappa shape index (κ1) is 12.6. The van der Waals surface area contributed by atoms with Crippen LogP contribution in [0.15, 0.2) is 22.7 Å². The minimum absolute atomic E-state index is 0.601. The van der Waals surface area contributed by atoms with Crippen molar-refractivity contribution in [3.8, 4) is 10.7 Å². The zero-order valence-electron chi connectivity index (χ0n) is 10.0. The Morgan fingerprint density at radius 1 is 1.47 bits per heavy atom. The van der Waals surface area contributed by atoms with Crippen molar-refractivity contribution in [1.82, 2.24) is 14.8 Å². The predicted octanol–water partition coefficient (Wildman–Crippen LogP) is 2.41. The van der Waals surface area contributed by atoms with E-state index in [0.717, 1.165) is 15.9 Å². The Balaban J connectivity index is 2.16. The number of thioether (sulfide) groups is 1. The Morgan fingerprint density at radius 3 is 2.82 bits per heavy atom. The summed E-state index contributed by atoms with van der Waals surface area (Å²) >= 11 is 3.16. The molecule has 0 atom stereocenters. The lowest BCUT2D eigenvalue weighted by atomic mass is 10.2. The monoisotopic (exact) mass is 269 g/mol. The van der Waals surface area contributed by atoms with Crippen molar-refractivity contribution in [2.24, 2.45) is 7.05 Å². The summed E-state index contributed by atoms with van der Waals surface area (Å²) in [6.07, 6.45) is 0. The van der Waals surface area contributed by atoms with E-state index in [4.69, 9.17) is 0 Å². The van der Waals surface area contributed by atoms with Crippen molar-refractivity contribution in [3.05, 3.63) is 17.5 Å². The average molecular weight is 269 g/mol. The molecule has 0 aliphatic rings. The molecule has 17 heavy (non-hydrogen) atoms. The molecule has 0 aliphatic carbocycles. The number of aliphatic hydroxyl groups is 1. The van der Waals surface area contributed by atoms with E-state index in [1.54, 1.807) is 25.2 Å². The summed E-state index contributed by atoms with van der Waals surface area (Å²) in [6.45, 7) is 3.58. The van der Waals surface area contributed by atoms with E-state index in [9.17, 15) is 5.11 Å². The molecular weight excluding hydrogens is 254 g/mol. The zero-order chi connectivity index (χ0) is 12.5. The molecule has 6 heteroatoms. The molecule has 4 nitrogen and oxygen atoms in total. The van der Waals surface area contributed by atoms with Gasteiger partial charge in [-0.15, -0.1) is 21.5 Å². The van der Waals surface area contributed by atoms with Crippen LogP contribution in [0.25, 0.3) is 10.7 Å². The molecule has 0 unspecified atom stereocenters. The fourth-order valence-corrected chi connectivity index (χ4v) is 2.91. The van der Waals surface area contributed by atoms with Gasteiger partial charge in [0, 0.05) is 12.8 Å². The third-order valence-electron chi connectivity index (χ3n) is 2.13. The molecule has 0 radical (unpaired) electrons. The van der Waals surface area contributed by atoms with Crippen molar-refractivity contribution in [2.75, 3.05) is 5.75 Å². The van der Waals surface area contributed by atoms with Gasteiger partial charge in [-0.05, 0) is 25.3 Å². The smallest absolute Gasteiger partial charge is 0.191 e. The van der Waals surface area contributed by atoms with Crippen molar-refractivity contribution in [3.63, 3.8) is 0 Å². The minimum Gasteiger partial charge on any atom is -0.390 e. The second-order valence-electron chi connectivity index (χ2n) is 4.44. The standard InChI is InChI=1S/C11H15N3OS2/c1-11(2,15)7-17-10-13-12-9(14(10)3)8-5-4-6-16-8/h4-6,15H,7H2,1-3H3. The van der Waals surface area contributed by atoms with Gasteiger partial charge in [-0.3, -0.25) is 0 Å². The van der Waals surface area contributed by atoms with Crippen molar-refractivity contribution >= 4 is 23.1 Å². The Labute approximate surface area is 109 Å². The third-order valence-corrected chi connectivity index (χ3v) is 4.46. The Kier molecular flexibility index (Phi) is 3.56. The van der Waals surface area contributed by atoms with Gasteiger partial charge in [-0.2, -0.15) is 0 Å². The van der Waals surface area contributed by atoms with E-state index >= 15 is 0 Å². The molecule has 2 rings (SSSR count). The summed E-state index contributed by atoms with van der Waals surface area (Å²) in [5.41, 5.74) is -0.695. The number of aromatic nitrogens is 3. The van der Waals surface area contributed by atoms with Gasteiger partial charge < -0.3 is 9.67 Å². The summed E-state index contributed by atoms with van der Waals surface area (Å²) in [5, 5.41) is 20.9. The molecule has 2 heterocycles. The summed E-state index contributed by atoms with van der Waals surface area (Å²) in [6, 6.07) is 4.03. The van der Waals surface area contributed by atoms with E-state index in [1.807, 2.05) is 29.1 Å². The second kappa shape index (κ2) is 4.80. The summed E-state index contributed by atoms with van der Waals surface area (Å²) < 4.78 is 1.96. The highest BCUT2D eigenvalue weighted by Crippen LogP contribution is 2.27. The largest absolute Gasteiger partial charge is 0.390 e. The number of hydrogen-bond acceptors (Lipinski definition) is 5. The van der Waals surface area contributed by atoms with Crippen LogP contribution in [-0.2, 0) is 7.05 Å². The highest BCUT2D eigenvalue weighted by molar-refractivity contribution is 7.99. The Bertz CT molecular complexity index is 485. The van der Waals surface area contributed by atoms with E-state index < -0.39 is 5.60 Å². The number of thiophene rings is 1. The van der Waals surface area contributed by atoms with E-state index in [2.05, 4.69) is 10.2 Å². The first-order valence-corrected chi connectivity index (χ1v) is 7.12. The highest BCUT2D eigenvalue weighted by atomic mass is 32.2. The third kappa shape index (κ3) is 3.08. The predicted molar refractivity (Wildman–Crippen MR) is 71.3 cm³/mol. The first-order valence-electron chi connectivity index (χ1n) is 5.26. The van der Waals surface area contributed by atoms with Crippen molar-refractivity contribution in [1.29, 1.82) is 0 Å². The quantitative estimate of drug-likeness (QED) is 0.866. The number of rotatable bonds is 4. The van der Waals surface area contributed by atoms with Gasteiger partial charge in [0.2, 0.25) is 0 Å². The van der Waals surface area contributed by atoms with Gasteiger partial charge in [0.25, 0.3) is 0 Å². The lowest BCUT2D eigenvalue weighted by Gasteiger charge is -2.15. The summed E-state index contributed by atoms with van der Waals surface area (Å²) in [5.74, 6) is 1.47. The van der Waals surface area contributed by atoms with E-state index in [-0.39, 0.29) is 0 Å². The molecule has 2 aromatic heterocycles. The lowest BCUT2D eigenvalue weighted by Crippen LogP contribution is -2.21. The van der Waals surface area contributed by atoms with Crippen LogP contribution in [0.1, 0.15) is 13.8 Å². The van der Waals surface area contributed by atoms with Crippen LogP contribution < -0.4 is 0 Å². The molecule has 1 N–H and O–H groups in total. The number of hydrogen-bond donors (Lipinski definition) is 1. The highest BCUT2D eigenvalue weighted by Gasteiger charge is 2.17. The van der Waals surface area contributed by atoms with E-state index in [1.165, 1.54) is 11.8 Å². The van der Waals surface area contributed by atoms with Crippen LogP contribution >= 0.6 is 23.1 Å². The molecule has 0 aromatic carbocycles. The normalized spacial score (nSPS) is 12.0. The van der Waals surface area contributed by atoms with Crippen LogP contribution in [0.4, 0.5) is 0 Å². The zero-order valence-corrected chi connectivity index (χ0v) is 11.7. The molecule has 0 spiro atoms. The minimum atomic E-state index is -0.695. The fourth-order valence-electron chi connectivity index (χ4n) is 1.30. The molecule has 2 aromatic rings. The first-order chi connectivity index (χ1) is 7.97. The molecule has 0 amide bonds. The molecule has 0 bridgehead atoms. The number of nitrogens with zero attached hydrogens (tertiary/aromatic N) is 3. The fraction of sp³-hybridized carbons (Fsp3) is 0.455. The van der Waals surface area contributed by atoms with Gasteiger partial charge >= 0.3 is 0 Å². The molecular formula is C11H15N3OS2. The van der Waals surface area contributed by atoms with Gasteiger partial charge in [-0.1, -0.05) is 17.8 Å². The van der Waals surface area contributed by atoms with Gasteiger partial charge in [0.05, 0.1) is 10.5 Å². The van der Waals surface area contributed by atoms with Crippen LogP contribution in [0.5, 0.6) is 0 Å². The maximum atomic E-state index is 9.68. The van der Waals surface area contributed by atoms with Gasteiger partial charge in [-0.25, -0.2) is 0 Å². The Hall–Kier alpha value is -0.850. The Morgan fingerprint density at radius 2 is 2.24 bits per heavy atom. The summed E-state index contributed by atoms with van der Waals surface area (Å²) in [4.78, 5) is 1.11. The molecule has 0 saturated heterocycles. The molecule has 0 aliphatic heterocycles. The van der Waals surface area contributed by atoms with Crippen LogP contribution in [0.3, 0.4) is 0 Å². The topological polar surface area (TPSA) is 50.9 Å². The van der Waals surface area contributed by atoms with Crippen LogP contribution in [-0.4, -0.2) is 31.2 Å². The maximum Gasteiger partial charge on any atom is 0.191 e. The SMILES string of the molecule is Cn1c(SCC(C)(C)O)nnc1-c1cccs1. The molecule has 92 valence electrons. The van der Waals surface area contributed by atoms with Gasteiger partial charge in [0.1, 0.15) is 0 Å². The van der Waals surface area contributed by atoms with Crippen molar-refractivity contribution < 1.29 is 5.11 Å². The van der Waals surface area contributed by atoms with Crippen molar-refractivity contribution in [2.45, 2.75) is 24.6 Å². The average Bonchev–Trinajstić information content (AvgIpc) is 2.83. The summed E-state index contributed by atoms with van der Waals surface area (Å²) in [7, 11) is 1.95. The van der Waals surface area contributed by atoms with E-state index in [0.29, 0.717) is 5.75 Å². The van der Waals surface area contributed by atoms with Crippen LogP contribution in [0, 0.1) is 0 Å². The molecule has 0 fully saturated rings. The second-order valence-corrected chi connectivity index (χ2v) is 6.33. The molecule has 0 saturated carbocycles. The lowest BCUT2D eigenvalue weighted by molar-refractivity contribution is 0.107. The van der Waals surface area contributed by atoms with Gasteiger partial charge in [0.15, 0.2) is 11.0 Å². The van der Waals surface area contributed by atoms with Crippen LogP contribution in [0.2, 0.25) is 0 Å². The maximum absolute atomic E-state index is 9.68.